The molecular weight excluding hydrogens is 308 g/mol. The number of fused-ring (bicyclic) bond motifs is 2. The van der Waals surface area contributed by atoms with Gasteiger partial charge in [-0.05, 0) is 13.8 Å². The molecule has 1 aliphatic carbocycles. The maximum atomic E-state index is 12.3. The third-order valence-corrected chi connectivity index (χ3v) is 4.01. The van der Waals surface area contributed by atoms with E-state index in [9.17, 15) is 14.4 Å². The quantitative estimate of drug-likeness (QED) is 0.583. The topological polar surface area (TPSA) is 69.7 Å². The Labute approximate surface area is 141 Å². The van der Waals surface area contributed by atoms with Crippen LogP contribution in [0.4, 0.5) is 0 Å². The van der Waals surface area contributed by atoms with Crippen molar-refractivity contribution in [3.05, 3.63) is 41.0 Å². The van der Waals surface area contributed by atoms with Crippen molar-refractivity contribution in [1.82, 2.24) is 0 Å². The zero-order valence-corrected chi connectivity index (χ0v) is 14.6. The lowest BCUT2D eigenvalue weighted by Gasteiger charge is -2.41. The number of carbonyl (C=O) groups excluding carboxylic acids is 3. The highest BCUT2D eigenvalue weighted by molar-refractivity contribution is 6.52. The van der Waals surface area contributed by atoms with Crippen LogP contribution in [0.25, 0.3) is 5.76 Å². The molecule has 0 N–H and O–H groups in total. The molecule has 0 saturated heterocycles. The van der Waals surface area contributed by atoms with Gasteiger partial charge in [-0.3, -0.25) is 14.4 Å². The summed E-state index contributed by atoms with van der Waals surface area (Å²) in [6.45, 7) is 8.91. The van der Waals surface area contributed by atoms with E-state index in [-0.39, 0.29) is 12.0 Å². The minimum Gasteiger partial charge on any atom is -0.483 e. The van der Waals surface area contributed by atoms with Gasteiger partial charge in [-0.1, -0.05) is 38.1 Å². The van der Waals surface area contributed by atoms with Gasteiger partial charge in [0.15, 0.2) is 0 Å². The van der Waals surface area contributed by atoms with E-state index in [0.29, 0.717) is 16.9 Å². The number of Topliss-reactive ketones (excluding diaryl/α,β-unsaturated/α-hetero) is 2. The minimum atomic E-state index is -0.779. The molecule has 0 amide bonds. The third-order valence-electron chi connectivity index (χ3n) is 4.01. The van der Waals surface area contributed by atoms with Crippen LogP contribution in [0.1, 0.15) is 57.0 Å². The Bertz CT molecular complexity index is 727. The van der Waals surface area contributed by atoms with Crippen molar-refractivity contribution in [2.45, 2.75) is 52.7 Å². The van der Waals surface area contributed by atoms with Crippen LogP contribution in [0, 0.1) is 0 Å². The van der Waals surface area contributed by atoms with Crippen molar-refractivity contribution in [2.24, 2.45) is 0 Å². The molecule has 1 aliphatic heterocycles. The average Bonchev–Trinajstić information content (AvgIpc) is 2.55. The van der Waals surface area contributed by atoms with Crippen LogP contribution >= 0.6 is 0 Å². The SMILES string of the molecule is CC.CC(=O)OC1CC2=C(OC1(C)C)c1ccccc1C(=O)C2=O. The maximum Gasteiger partial charge on any atom is 0.303 e. The summed E-state index contributed by atoms with van der Waals surface area (Å²) in [4.78, 5) is 35.8. The Morgan fingerprint density at radius 2 is 1.71 bits per heavy atom. The molecule has 24 heavy (non-hydrogen) atoms. The second-order valence-corrected chi connectivity index (χ2v) is 6.02. The molecule has 0 aromatic heterocycles. The molecule has 0 spiro atoms. The highest BCUT2D eigenvalue weighted by Crippen LogP contribution is 2.42. The van der Waals surface area contributed by atoms with Crippen molar-refractivity contribution in [3.63, 3.8) is 0 Å². The summed E-state index contributed by atoms with van der Waals surface area (Å²) >= 11 is 0. The van der Waals surface area contributed by atoms with Gasteiger partial charge in [0.05, 0.1) is 5.57 Å². The molecule has 1 atom stereocenters. The molecule has 1 heterocycles. The van der Waals surface area contributed by atoms with E-state index in [0.717, 1.165) is 0 Å². The second-order valence-electron chi connectivity index (χ2n) is 6.02. The summed E-state index contributed by atoms with van der Waals surface area (Å²) in [5, 5.41) is 0. The first kappa shape index (κ1) is 17.9. The van der Waals surface area contributed by atoms with Gasteiger partial charge in [0.1, 0.15) is 17.5 Å². The summed E-state index contributed by atoms with van der Waals surface area (Å²) in [5.41, 5.74) is 0.483. The van der Waals surface area contributed by atoms with Gasteiger partial charge >= 0.3 is 5.97 Å². The summed E-state index contributed by atoms with van der Waals surface area (Å²) in [7, 11) is 0. The van der Waals surface area contributed by atoms with E-state index in [2.05, 4.69) is 0 Å². The predicted octanol–water partition coefficient (Wildman–Crippen LogP) is 3.32. The molecule has 0 fully saturated rings. The van der Waals surface area contributed by atoms with E-state index >= 15 is 0 Å². The lowest BCUT2D eigenvalue weighted by atomic mass is 9.81. The van der Waals surface area contributed by atoms with Crippen LogP contribution in [0.3, 0.4) is 0 Å². The lowest BCUT2D eigenvalue weighted by molar-refractivity contribution is -0.160. The van der Waals surface area contributed by atoms with E-state index < -0.39 is 29.2 Å². The number of hydrogen-bond donors (Lipinski definition) is 0. The highest BCUT2D eigenvalue weighted by atomic mass is 16.6. The van der Waals surface area contributed by atoms with Crippen LogP contribution in [0.5, 0.6) is 0 Å². The number of ether oxygens (including phenoxy) is 2. The molecule has 5 nitrogen and oxygen atoms in total. The molecule has 1 aromatic carbocycles. The second kappa shape index (κ2) is 6.59. The zero-order chi connectivity index (χ0) is 18.1. The van der Waals surface area contributed by atoms with E-state index in [1.165, 1.54) is 6.92 Å². The fraction of sp³-hybridized carbons (Fsp3) is 0.421. The molecule has 0 radical (unpaired) electrons. The fourth-order valence-electron chi connectivity index (χ4n) is 2.85. The first-order valence-electron chi connectivity index (χ1n) is 8.09. The van der Waals surface area contributed by atoms with Gasteiger partial charge in [0, 0.05) is 24.5 Å². The van der Waals surface area contributed by atoms with Crippen LogP contribution in [0.2, 0.25) is 0 Å². The highest BCUT2D eigenvalue weighted by Gasteiger charge is 2.46. The number of hydrogen-bond acceptors (Lipinski definition) is 5. The summed E-state index contributed by atoms with van der Waals surface area (Å²) in [6, 6.07) is 6.89. The summed E-state index contributed by atoms with van der Waals surface area (Å²) in [6.07, 6.45) is -0.424. The maximum absolute atomic E-state index is 12.3. The Morgan fingerprint density at radius 3 is 2.29 bits per heavy atom. The molecular formula is C19H22O5. The van der Waals surface area contributed by atoms with Crippen molar-refractivity contribution < 1.29 is 23.9 Å². The smallest absolute Gasteiger partial charge is 0.303 e. The van der Waals surface area contributed by atoms with Crippen molar-refractivity contribution in [3.8, 4) is 0 Å². The van der Waals surface area contributed by atoms with Gasteiger partial charge in [0.2, 0.25) is 11.6 Å². The number of ketones is 2. The third kappa shape index (κ3) is 2.98. The fourth-order valence-corrected chi connectivity index (χ4v) is 2.85. The summed E-state index contributed by atoms with van der Waals surface area (Å²) < 4.78 is 11.2. The first-order chi connectivity index (χ1) is 11.3. The Morgan fingerprint density at radius 1 is 1.12 bits per heavy atom. The van der Waals surface area contributed by atoms with Crippen LogP contribution in [-0.2, 0) is 19.1 Å². The number of benzene rings is 1. The van der Waals surface area contributed by atoms with Gasteiger partial charge in [-0.15, -0.1) is 0 Å². The molecule has 5 heteroatoms. The molecule has 2 aliphatic rings. The molecule has 0 bridgehead atoms. The molecule has 0 saturated carbocycles. The van der Waals surface area contributed by atoms with E-state index in [1.54, 1.807) is 38.1 Å². The number of esters is 1. The van der Waals surface area contributed by atoms with Gasteiger partial charge in [-0.2, -0.15) is 0 Å². The largest absolute Gasteiger partial charge is 0.483 e. The first-order valence-corrected chi connectivity index (χ1v) is 8.09. The monoisotopic (exact) mass is 330 g/mol. The molecule has 1 unspecified atom stereocenters. The van der Waals surface area contributed by atoms with Crippen LogP contribution in [-0.4, -0.2) is 29.2 Å². The predicted molar refractivity (Wildman–Crippen MR) is 89.4 cm³/mol. The standard InChI is InChI=1S/C17H16O5.C2H6/c1-9(18)21-13-8-12-15(20)14(19)10-6-4-5-7-11(10)16(12)22-17(13,2)3;1-2/h4-7,13H,8H2,1-3H3;1-2H3. The normalized spacial score (nSPS) is 21.0. The molecule has 3 rings (SSSR count). The molecule has 128 valence electrons. The van der Waals surface area contributed by atoms with Gasteiger partial charge < -0.3 is 9.47 Å². The Balaban J connectivity index is 0.00000100. The number of rotatable bonds is 1. The van der Waals surface area contributed by atoms with Crippen molar-refractivity contribution >= 4 is 23.3 Å². The van der Waals surface area contributed by atoms with Gasteiger partial charge in [0.25, 0.3) is 0 Å². The Hall–Kier alpha value is -2.43. The average molecular weight is 330 g/mol. The van der Waals surface area contributed by atoms with Gasteiger partial charge in [-0.25, -0.2) is 0 Å². The van der Waals surface area contributed by atoms with Crippen LogP contribution < -0.4 is 0 Å². The van der Waals surface area contributed by atoms with Crippen LogP contribution in [0.15, 0.2) is 29.8 Å². The minimum absolute atomic E-state index is 0.181. The summed E-state index contributed by atoms with van der Waals surface area (Å²) in [5.74, 6) is -1.14. The Kier molecular flexibility index (Phi) is 4.92. The zero-order valence-electron chi connectivity index (χ0n) is 14.6. The van der Waals surface area contributed by atoms with E-state index in [4.69, 9.17) is 9.47 Å². The molecule has 1 aromatic rings. The number of carbonyl (C=O) groups is 3. The van der Waals surface area contributed by atoms with Crippen molar-refractivity contribution in [2.75, 3.05) is 0 Å². The van der Waals surface area contributed by atoms with Crippen molar-refractivity contribution in [1.29, 1.82) is 0 Å². The van der Waals surface area contributed by atoms with E-state index in [1.807, 2.05) is 13.8 Å². The lowest BCUT2D eigenvalue weighted by Crippen LogP contribution is -2.47.